The minimum atomic E-state index is -0.310. The molecule has 1 aromatic heterocycles. The van der Waals surface area contributed by atoms with E-state index in [1.807, 2.05) is 12.1 Å². The topological polar surface area (TPSA) is 32.9 Å². The van der Waals surface area contributed by atoms with Crippen molar-refractivity contribution in [1.29, 1.82) is 0 Å². The molecule has 0 spiro atoms. The molecule has 0 unspecified atom stereocenters. The van der Waals surface area contributed by atoms with E-state index in [-0.39, 0.29) is 5.56 Å². The molecule has 1 heterocycles. The van der Waals surface area contributed by atoms with Gasteiger partial charge in [0.15, 0.2) is 1.41 Å². The maximum Gasteiger partial charge on any atom is 0.248 e. The Balaban J connectivity index is 2.95. The van der Waals surface area contributed by atoms with Gasteiger partial charge in [-0.05, 0) is 29.7 Å². The third kappa shape index (κ3) is 1.28. The van der Waals surface area contributed by atoms with E-state index in [2.05, 4.69) is 15.9 Å². The summed E-state index contributed by atoms with van der Waals surface area (Å²) in [6.45, 7) is 0. The molecule has 0 fully saturated rings. The molecule has 0 bridgehead atoms. The van der Waals surface area contributed by atoms with Crippen LogP contribution in [0.2, 0.25) is 1.41 Å². The summed E-state index contributed by atoms with van der Waals surface area (Å²) in [5.41, 5.74) is 0.311. The minimum absolute atomic E-state index is 0.310. The van der Waals surface area contributed by atoms with E-state index in [1.54, 1.807) is 12.1 Å². The fourth-order valence-electron chi connectivity index (χ4n) is 1.08. The highest BCUT2D eigenvalue weighted by molar-refractivity contribution is 9.10. The maximum atomic E-state index is 11.1. The molecule has 2 rings (SSSR count). The van der Waals surface area contributed by atoms with E-state index in [9.17, 15) is 4.79 Å². The number of aromatic nitrogens is 1. The lowest BCUT2D eigenvalue weighted by Crippen LogP contribution is -2.01. The second-order valence-corrected chi connectivity index (χ2v) is 3.40. The predicted molar refractivity (Wildman–Crippen MR) is 52.3 cm³/mol. The number of fused-ring (bicyclic) bond motifs is 1. The largest absolute Gasteiger partial charge is 0.322 e. The summed E-state index contributed by atoms with van der Waals surface area (Å²) in [4.78, 5) is 12.0. The van der Waals surface area contributed by atoms with Gasteiger partial charge in [-0.3, -0.25) is 4.79 Å². The van der Waals surface area contributed by atoms with E-state index in [0.29, 0.717) is 5.52 Å². The van der Waals surface area contributed by atoms with Gasteiger partial charge in [0.25, 0.3) is 0 Å². The van der Waals surface area contributed by atoms with Crippen LogP contribution in [0.3, 0.4) is 0 Å². The number of halogens is 1. The summed E-state index contributed by atoms with van der Waals surface area (Å²) in [6, 6.07) is 8.54. The van der Waals surface area contributed by atoms with Crippen molar-refractivity contribution < 1.29 is 1.41 Å². The molecule has 1 aromatic carbocycles. The molecule has 3 heteroatoms. The number of hydrogen-bond donors (Lipinski definition) is 1. The normalized spacial score (nSPS) is 11.6. The Morgan fingerprint density at radius 1 is 1.33 bits per heavy atom. The number of hydrogen-bond acceptors (Lipinski definition) is 1. The van der Waals surface area contributed by atoms with Crippen molar-refractivity contribution in [3.63, 3.8) is 0 Å². The Labute approximate surface area is 78.8 Å². The standard InChI is InChI=1S/C9H6BrNO/c10-7-2-3-8-6(5-7)1-4-9(12)11-8/h1-5H,(H,11,12)/i/hD. The molecule has 1 N–H and O–H groups in total. The first-order valence-corrected chi connectivity index (χ1v) is 4.28. The van der Waals surface area contributed by atoms with Gasteiger partial charge >= 0.3 is 0 Å². The average Bonchev–Trinajstić information content (AvgIpc) is 2.12. The van der Waals surface area contributed by atoms with Crippen molar-refractivity contribution >= 4 is 26.8 Å². The summed E-state index contributed by atoms with van der Waals surface area (Å²) in [7, 11) is 0. The van der Waals surface area contributed by atoms with Gasteiger partial charge in [0.05, 0.1) is 0 Å². The first kappa shape index (κ1) is 6.43. The van der Waals surface area contributed by atoms with Crippen molar-refractivity contribution in [2.75, 3.05) is 0 Å². The van der Waals surface area contributed by atoms with Gasteiger partial charge < -0.3 is 4.98 Å². The molecule has 0 saturated carbocycles. The lowest BCUT2D eigenvalue weighted by atomic mass is 10.2. The van der Waals surface area contributed by atoms with Gasteiger partial charge in [-0.1, -0.05) is 15.9 Å². The van der Waals surface area contributed by atoms with Crippen LogP contribution in [0.4, 0.5) is 0 Å². The molecule has 0 aliphatic rings. The highest BCUT2D eigenvalue weighted by Gasteiger charge is 1.93. The molecular weight excluding hydrogens is 218 g/mol. The Morgan fingerprint density at radius 3 is 3.00 bits per heavy atom. The fraction of sp³-hybridized carbons (Fsp3) is 0. The molecular formula is C9H6BrNO. The average molecular weight is 225 g/mol. The van der Waals surface area contributed by atoms with Gasteiger partial charge in [0, 0.05) is 16.1 Å². The zero-order chi connectivity index (χ0) is 9.42. The third-order valence-electron chi connectivity index (χ3n) is 1.63. The van der Waals surface area contributed by atoms with Crippen LogP contribution in [0.25, 0.3) is 10.9 Å². The molecule has 60 valence electrons. The summed E-state index contributed by atoms with van der Waals surface area (Å²) in [5, 5.41) is 0.879. The van der Waals surface area contributed by atoms with E-state index < -0.39 is 0 Å². The van der Waals surface area contributed by atoms with Crippen LogP contribution >= 0.6 is 15.9 Å². The van der Waals surface area contributed by atoms with Crippen LogP contribution in [-0.2, 0) is 0 Å². The van der Waals surface area contributed by atoms with Gasteiger partial charge in [-0.15, -0.1) is 0 Å². The third-order valence-corrected chi connectivity index (χ3v) is 2.12. The number of rotatable bonds is 0. The van der Waals surface area contributed by atoms with Gasteiger partial charge in [0.1, 0.15) is 0 Å². The second-order valence-electron chi connectivity index (χ2n) is 2.49. The maximum absolute atomic E-state index is 11.1. The van der Waals surface area contributed by atoms with Crippen molar-refractivity contribution in [2.45, 2.75) is 0 Å². The van der Waals surface area contributed by atoms with E-state index in [4.69, 9.17) is 1.41 Å². The number of aromatic amines is 1. The first-order valence-electron chi connectivity index (χ1n) is 3.94. The summed E-state index contributed by atoms with van der Waals surface area (Å²) in [6.07, 6.45) is 0. The van der Waals surface area contributed by atoms with Crippen LogP contribution in [0.5, 0.6) is 0 Å². The SMILES string of the molecule is [2H]n1c(=O)ccc2cc(Br)ccc21. The quantitative estimate of drug-likeness (QED) is 0.732. The van der Waals surface area contributed by atoms with Crippen molar-refractivity contribution in [3.05, 3.63) is 45.2 Å². The second kappa shape index (κ2) is 2.75. The van der Waals surface area contributed by atoms with Crippen molar-refractivity contribution in [1.82, 2.24) is 4.98 Å². The van der Waals surface area contributed by atoms with Crippen LogP contribution in [0, 0.1) is 0 Å². The molecule has 2 nitrogen and oxygen atoms in total. The molecule has 0 amide bonds. The lowest BCUT2D eigenvalue weighted by molar-refractivity contribution is 1.31. The predicted octanol–water partition coefficient (Wildman–Crippen LogP) is 2.29. The number of nitrogens with one attached hydrogen (secondary N) is 1. The number of benzene rings is 1. The summed E-state index contributed by atoms with van der Waals surface area (Å²) >= 11 is 3.33. The Morgan fingerprint density at radius 2 is 2.17 bits per heavy atom. The molecule has 12 heavy (non-hydrogen) atoms. The smallest absolute Gasteiger partial charge is 0.248 e. The molecule has 0 aliphatic carbocycles. The van der Waals surface area contributed by atoms with E-state index in [1.165, 1.54) is 6.07 Å². The summed E-state index contributed by atoms with van der Waals surface area (Å²) < 4.78 is 8.39. The molecule has 0 radical (unpaired) electrons. The van der Waals surface area contributed by atoms with Crippen LogP contribution < -0.4 is 5.56 Å². The lowest BCUT2D eigenvalue weighted by Gasteiger charge is -1.96. The van der Waals surface area contributed by atoms with Crippen LogP contribution in [0.15, 0.2) is 39.6 Å². The fourth-order valence-corrected chi connectivity index (χ4v) is 1.46. The minimum Gasteiger partial charge on any atom is -0.322 e. The molecule has 2 aromatic rings. The highest BCUT2D eigenvalue weighted by atomic mass is 79.9. The molecule has 0 atom stereocenters. The number of pyridine rings is 1. The first-order chi connectivity index (χ1) is 6.18. The van der Waals surface area contributed by atoms with Gasteiger partial charge in [0.2, 0.25) is 5.56 Å². The van der Waals surface area contributed by atoms with Crippen LogP contribution in [0.1, 0.15) is 0 Å². The highest BCUT2D eigenvalue weighted by Crippen LogP contribution is 2.16. The summed E-state index contributed by atoms with van der Waals surface area (Å²) in [5.74, 6) is 0. The van der Waals surface area contributed by atoms with E-state index in [0.717, 1.165) is 14.8 Å². The molecule has 0 saturated heterocycles. The zero-order valence-electron chi connectivity index (χ0n) is 7.12. The van der Waals surface area contributed by atoms with Crippen LogP contribution in [-0.4, -0.2) is 4.98 Å². The van der Waals surface area contributed by atoms with Gasteiger partial charge in [-0.25, -0.2) is 0 Å². The zero-order valence-corrected chi connectivity index (χ0v) is 7.71. The Kier molecular flexibility index (Phi) is 1.47. The Hall–Kier alpha value is -1.09. The van der Waals surface area contributed by atoms with E-state index >= 15 is 0 Å². The van der Waals surface area contributed by atoms with Crippen molar-refractivity contribution in [2.24, 2.45) is 0 Å². The molecule has 0 aliphatic heterocycles. The van der Waals surface area contributed by atoms with Crippen molar-refractivity contribution in [3.8, 4) is 0 Å². The van der Waals surface area contributed by atoms with Gasteiger partial charge in [-0.2, -0.15) is 0 Å². The number of H-pyrrole nitrogens is 1. The Bertz CT molecular complexity index is 520. The monoisotopic (exact) mass is 224 g/mol.